The average Bonchev–Trinajstić information content (AvgIpc) is 1.63. The summed E-state index contributed by atoms with van der Waals surface area (Å²) < 4.78 is 72.6. The van der Waals surface area contributed by atoms with E-state index in [1.165, 1.54) is 40.3 Å². The maximum atomic E-state index is 8.23. The Balaban J connectivity index is 0.000000123. The predicted octanol–water partition coefficient (Wildman–Crippen LogP) is 19.6. The summed E-state index contributed by atoms with van der Waals surface area (Å²) in [4.78, 5) is 18.4. The third-order valence-corrected chi connectivity index (χ3v) is 18.6. The Morgan fingerprint density at radius 1 is 0.357 bits per heavy atom. The number of fused-ring (bicyclic) bond motifs is 12. The van der Waals surface area contributed by atoms with E-state index in [2.05, 4.69) is 256 Å². The van der Waals surface area contributed by atoms with Gasteiger partial charge < -0.3 is 17.7 Å². The summed E-state index contributed by atoms with van der Waals surface area (Å²) in [6.45, 7) is 23.6. The fraction of sp³-hybridized carbons (Fsp3) is 0.256. The summed E-state index contributed by atoms with van der Waals surface area (Å²) in [5, 5.41) is 8.29. The lowest BCUT2D eigenvalue weighted by molar-refractivity contribution is -0.660. The minimum absolute atomic E-state index is 0.0231. The number of hydrogen-bond donors (Lipinski definition) is 0. The van der Waals surface area contributed by atoms with Crippen molar-refractivity contribution < 1.29 is 42.8 Å². The number of pyridine rings is 8. The molecule has 1 atom stereocenters. The molecule has 0 aliphatic heterocycles. The Kier molecular flexibility index (Phi) is 16.3. The van der Waals surface area contributed by atoms with Crippen molar-refractivity contribution in [3.8, 4) is 45.0 Å². The van der Waals surface area contributed by atoms with E-state index >= 15 is 0 Å². The fourth-order valence-corrected chi connectivity index (χ4v) is 13.6. The molecule has 0 radical (unpaired) electrons. The van der Waals surface area contributed by atoms with E-state index in [0.717, 1.165) is 145 Å². The van der Waals surface area contributed by atoms with Crippen LogP contribution in [-0.2, 0) is 41.0 Å². The Morgan fingerprint density at radius 2 is 0.663 bits per heavy atom. The van der Waals surface area contributed by atoms with Crippen molar-refractivity contribution >= 4 is 88.3 Å². The van der Waals surface area contributed by atoms with Gasteiger partial charge in [-0.15, -0.1) is 0 Å². The molecule has 98 heavy (non-hydrogen) atoms. The van der Waals surface area contributed by atoms with Gasteiger partial charge in [0, 0.05) is 119 Å². The lowest BCUT2D eigenvalue weighted by Gasteiger charge is -2.05. The molecule has 0 aliphatic rings. The van der Waals surface area contributed by atoms with E-state index in [0.29, 0.717) is 28.5 Å². The topological polar surface area (TPSA) is 120 Å². The Bertz CT molecular complexity index is 6030. The third kappa shape index (κ3) is 12.6. The Morgan fingerprint density at radius 3 is 1.00 bits per heavy atom. The van der Waals surface area contributed by atoms with Crippen LogP contribution in [0.1, 0.15) is 115 Å². The smallest absolute Gasteiger partial charge is 0.227 e. The van der Waals surface area contributed by atoms with E-state index in [1.807, 2.05) is 58.2 Å². The molecule has 12 nitrogen and oxygen atoms in total. The predicted molar refractivity (Wildman–Crippen MR) is 397 cm³/mol. The lowest BCUT2D eigenvalue weighted by Crippen LogP contribution is -2.31. The second kappa shape index (κ2) is 26.7. The number of aryl methyl sites for hydroxylation is 14. The molecule has 0 fully saturated rings. The van der Waals surface area contributed by atoms with Crippen molar-refractivity contribution in [3.05, 3.63) is 238 Å². The van der Waals surface area contributed by atoms with Gasteiger partial charge in [-0.3, -0.25) is 0 Å². The zero-order chi connectivity index (χ0) is 73.5. The van der Waals surface area contributed by atoms with Crippen LogP contribution in [0.25, 0.3) is 133 Å². The van der Waals surface area contributed by atoms with Crippen LogP contribution in [0.2, 0.25) is 0 Å². The Labute approximate surface area is 580 Å². The van der Waals surface area contributed by atoms with Crippen molar-refractivity contribution in [1.29, 1.82) is 0 Å². The summed E-state index contributed by atoms with van der Waals surface area (Å²) in [7, 11) is 8.23. The van der Waals surface area contributed by atoms with Crippen LogP contribution in [0.5, 0.6) is 0 Å². The molecular formula is C86H88N8O4+4. The molecule has 16 aromatic rings. The largest absolute Gasteiger partial charge is 0.437 e. The van der Waals surface area contributed by atoms with Gasteiger partial charge in [-0.25, -0.2) is 38.2 Å². The average molecular weight is 1300 g/mol. The highest BCUT2D eigenvalue weighted by Crippen LogP contribution is 2.41. The van der Waals surface area contributed by atoms with Crippen molar-refractivity contribution in [2.45, 2.75) is 116 Å². The molecule has 16 rings (SSSR count). The van der Waals surface area contributed by atoms with Crippen LogP contribution < -0.4 is 18.3 Å². The molecule has 1 unspecified atom stereocenters. The van der Waals surface area contributed by atoms with Crippen LogP contribution in [0.3, 0.4) is 0 Å². The summed E-state index contributed by atoms with van der Waals surface area (Å²) in [6, 6.07) is 50.0. The van der Waals surface area contributed by atoms with E-state index in [9.17, 15) is 0 Å². The molecular weight excluding hydrogens is 1210 g/mol. The molecule has 0 saturated heterocycles. The molecule has 0 aliphatic carbocycles. The van der Waals surface area contributed by atoms with Crippen molar-refractivity contribution in [3.63, 3.8) is 0 Å². The molecule has 0 saturated carbocycles. The van der Waals surface area contributed by atoms with Crippen molar-refractivity contribution in [1.82, 2.24) is 19.9 Å². The molecule has 0 bridgehead atoms. The SMILES string of the molecule is CCc1ccc2c(n1)oc1c(-c3ccc(C)c[n+]3C)c(C)ccc12.Cc1ccc(-c2c(C)ccc3c2oc2nc(C)ccc23)[n+](C)c1.[2H]C(C)(C)c1ccc2c(n1)oc1c(-c3ccc(C)c[n+]3C)c(C)ccc12.[2H]C([2H])([2H])C([2H])(C)Cc1ccc2c(n1)oc1c(-c3ccc(C)c[n+]3C)c(C)ccc12. The van der Waals surface area contributed by atoms with Gasteiger partial charge in [0.1, 0.15) is 28.2 Å². The monoisotopic (exact) mass is 1300 g/mol. The second-order valence-electron chi connectivity index (χ2n) is 26.7. The molecule has 12 heterocycles. The molecule has 12 heteroatoms. The zero-order valence-electron chi connectivity index (χ0n) is 64.3. The minimum atomic E-state index is -2.39. The second-order valence-corrected chi connectivity index (χ2v) is 26.7. The quantitative estimate of drug-likeness (QED) is 0.138. The summed E-state index contributed by atoms with van der Waals surface area (Å²) >= 11 is 0. The van der Waals surface area contributed by atoms with Gasteiger partial charge in [0.05, 0.1) is 22.3 Å². The molecule has 492 valence electrons. The van der Waals surface area contributed by atoms with Crippen LogP contribution in [0, 0.1) is 68.2 Å². The highest BCUT2D eigenvalue weighted by molar-refractivity contribution is 6.12. The maximum absolute atomic E-state index is 8.23. The van der Waals surface area contributed by atoms with E-state index in [4.69, 9.17) is 24.5 Å². The molecule has 0 N–H and O–H groups in total. The first-order valence-electron chi connectivity index (χ1n) is 36.0. The highest BCUT2D eigenvalue weighted by Gasteiger charge is 2.26. The number of hydrogen-bond acceptors (Lipinski definition) is 8. The van der Waals surface area contributed by atoms with Crippen LogP contribution >= 0.6 is 0 Å². The van der Waals surface area contributed by atoms with Crippen LogP contribution in [0.4, 0.5) is 0 Å². The molecule has 12 aromatic heterocycles. The van der Waals surface area contributed by atoms with E-state index in [-0.39, 0.29) is 6.42 Å². The summed E-state index contributed by atoms with van der Waals surface area (Å²) in [6.07, 6.45) is 9.41. The standard InChI is InChI=1S/C23H25N2O.C22H23N2O.C21H21N2O.C20H19N2O/c1-14(2)12-17-8-10-19-18-9-7-16(4)21(22(18)26-23(19)24-17)20-11-6-15(3)13-25(20)5;1-13(2)18-10-9-17-16-8-7-15(4)20(21(16)25-22(17)23-18)19-11-6-14(3)12-24(19)5;1-5-15-8-10-17-16-9-7-14(3)19(20(16)24-21(17)22-15)18-11-6-13(2)12-23(18)4;1-12-5-10-17(22(4)11-12)18-13(2)6-8-15-16-9-7-14(3)21-20(16)23-19(15)18/h6-11,13-14H,12H2,1-5H3;6-13H,1-5H3;6-12H,5H2,1-4H3;5-11H,1-4H3/q4*+1/i1D3,14D;13D;;. The lowest BCUT2D eigenvalue weighted by atomic mass is 10.0. The Hall–Kier alpha value is -10.7. The normalized spacial score (nSPS) is 13.2. The first-order chi connectivity index (χ1) is 48.9. The minimum Gasteiger partial charge on any atom is -0.437 e. The van der Waals surface area contributed by atoms with E-state index in [1.54, 1.807) is 6.07 Å². The first kappa shape index (κ1) is 59.7. The molecule has 0 spiro atoms. The number of rotatable bonds is 8. The van der Waals surface area contributed by atoms with Gasteiger partial charge in [0.15, 0.2) is 47.1 Å². The van der Waals surface area contributed by atoms with Crippen molar-refractivity contribution in [2.24, 2.45) is 34.1 Å². The van der Waals surface area contributed by atoms with Gasteiger partial charge in [-0.1, -0.05) is 83.1 Å². The van der Waals surface area contributed by atoms with Gasteiger partial charge in [0.25, 0.3) is 0 Å². The van der Waals surface area contributed by atoms with Crippen LogP contribution in [0.15, 0.2) is 188 Å². The van der Waals surface area contributed by atoms with Crippen LogP contribution in [-0.4, -0.2) is 19.9 Å². The number of aromatic nitrogens is 8. The van der Waals surface area contributed by atoms with E-state index < -0.39 is 18.6 Å². The third-order valence-electron chi connectivity index (χ3n) is 18.6. The fourth-order valence-electron chi connectivity index (χ4n) is 13.6. The highest BCUT2D eigenvalue weighted by atomic mass is 16.4. The first-order valence-corrected chi connectivity index (χ1v) is 33.5. The molecule has 0 amide bonds. The number of furan rings is 4. The van der Waals surface area contributed by atoms with Gasteiger partial charge in [-0.2, -0.15) is 0 Å². The maximum Gasteiger partial charge on any atom is 0.227 e. The summed E-state index contributed by atoms with van der Waals surface area (Å²) in [5.41, 5.74) is 27.6. The zero-order valence-corrected chi connectivity index (χ0v) is 59.3. The number of nitrogens with zero attached hydrogens (tertiary/aromatic N) is 8. The number of benzene rings is 4. The van der Waals surface area contributed by atoms with Gasteiger partial charge in [0.2, 0.25) is 45.6 Å². The molecule has 4 aromatic carbocycles. The van der Waals surface area contributed by atoms with Crippen molar-refractivity contribution in [2.75, 3.05) is 0 Å². The summed E-state index contributed by atoms with van der Waals surface area (Å²) in [5.74, 6) is -2.37. The van der Waals surface area contributed by atoms with Gasteiger partial charge >= 0.3 is 0 Å². The van der Waals surface area contributed by atoms with Gasteiger partial charge in [-0.05, 0) is 182 Å².